The van der Waals surface area contributed by atoms with Crippen LogP contribution in [-0.4, -0.2) is 41.0 Å². The molecule has 1 fully saturated rings. The van der Waals surface area contributed by atoms with Crippen LogP contribution in [0.1, 0.15) is 19.3 Å². The van der Waals surface area contributed by atoms with E-state index in [1.54, 1.807) is 0 Å². The van der Waals surface area contributed by atoms with Crippen LogP contribution in [0.3, 0.4) is 0 Å². The lowest BCUT2D eigenvalue weighted by molar-refractivity contribution is -0.386. The predicted molar refractivity (Wildman–Crippen MR) is 74.4 cm³/mol. The van der Waals surface area contributed by atoms with Gasteiger partial charge in [0, 0.05) is 23.3 Å². The maximum absolute atomic E-state index is 10.9. The lowest BCUT2D eigenvalue weighted by Crippen LogP contribution is -2.22. The van der Waals surface area contributed by atoms with Crippen LogP contribution in [0.5, 0.6) is 5.88 Å². The molecule has 0 unspecified atom stereocenters. The third kappa shape index (κ3) is 4.14. The zero-order valence-corrected chi connectivity index (χ0v) is 12.1. The SMILES string of the molecule is O=[N+]([O-])c1cc(Br)cnc1OCCCN1CCCC1. The van der Waals surface area contributed by atoms with Crippen molar-refractivity contribution in [3.63, 3.8) is 0 Å². The summed E-state index contributed by atoms with van der Waals surface area (Å²) in [5, 5.41) is 10.9. The number of likely N-dealkylation sites (tertiary alicyclic amines) is 1. The van der Waals surface area contributed by atoms with Crippen molar-refractivity contribution >= 4 is 21.6 Å². The molecule has 104 valence electrons. The zero-order chi connectivity index (χ0) is 13.7. The highest BCUT2D eigenvalue weighted by Gasteiger charge is 2.17. The van der Waals surface area contributed by atoms with Crippen LogP contribution in [-0.2, 0) is 0 Å². The van der Waals surface area contributed by atoms with E-state index in [0.29, 0.717) is 11.1 Å². The average Bonchev–Trinajstić information content (AvgIpc) is 2.89. The number of nitro groups is 1. The first-order valence-corrected chi connectivity index (χ1v) is 7.11. The molecule has 6 nitrogen and oxygen atoms in total. The summed E-state index contributed by atoms with van der Waals surface area (Å²) in [5.74, 6) is 0.0922. The van der Waals surface area contributed by atoms with Crippen LogP contribution in [0.15, 0.2) is 16.7 Å². The number of ether oxygens (including phenoxy) is 1. The van der Waals surface area contributed by atoms with E-state index in [2.05, 4.69) is 25.8 Å². The van der Waals surface area contributed by atoms with Gasteiger partial charge in [0.2, 0.25) is 0 Å². The van der Waals surface area contributed by atoms with Crippen molar-refractivity contribution < 1.29 is 9.66 Å². The summed E-state index contributed by atoms with van der Waals surface area (Å²) in [6.45, 7) is 3.73. The molecule has 19 heavy (non-hydrogen) atoms. The van der Waals surface area contributed by atoms with Gasteiger partial charge < -0.3 is 9.64 Å². The van der Waals surface area contributed by atoms with Gasteiger partial charge in [-0.2, -0.15) is 0 Å². The molecule has 1 saturated heterocycles. The molecule has 2 rings (SSSR count). The second-order valence-electron chi connectivity index (χ2n) is 4.49. The summed E-state index contributed by atoms with van der Waals surface area (Å²) >= 11 is 3.16. The summed E-state index contributed by atoms with van der Waals surface area (Å²) < 4.78 is 5.99. The quantitative estimate of drug-likeness (QED) is 0.456. The Hall–Kier alpha value is -1.21. The third-order valence-corrected chi connectivity index (χ3v) is 3.49. The summed E-state index contributed by atoms with van der Waals surface area (Å²) in [7, 11) is 0. The molecule has 0 atom stereocenters. The van der Waals surface area contributed by atoms with Gasteiger partial charge >= 0.3 is 5.69 Å². The molecule has 1 aliphatic heterocycles. The number of hydrogen-bond acceptors (Lipinski definition) is 5. The normalized spacial score (nSPS) is 15.6. The molecule has 0 saturated carbocycles. The van der Waals surface area contributed by atoms with E-state index in [9.17, 15) is 10.1 Å². The van der Waals surface area contributed by atoms with Gasteiger partial charge in [-0.3, -0.25) is 10.1 Å². The summed E-state index contributed by atoms with van der Waals surface area (Å²) in [4.78, 5) is 16.7. The van der Waals surface area contributed by atoms with Crippen molar-refractivity contribution in [3.8, 4) is 5.88 Å². The van der Waals surface area contributed by atoms with Crippen molar-refractivity contribution in [2.24, 2.45) is 0 Å². The second-order valence-corrected chi connectivity index (χ2v) is 5.40. The maximum atomic E-state index is 10.9. The van der Waals surface area contributed by atoms with Crippen molar-refractivity contribution in [2.45, 2.75) is 19.3 Å². The molecule has 0 N–H and O–H groups in total. The highest BCUT2D eigenvalue weighted by atomic mass is 79.9. The van der Waals surface area contributed by atoms with Gasteiger partial charge in [0.15, 0.2) is 0 Å². The molecule has 1 aliphatic rings. The largest absolute Gasteiger partial charge is 0.473 e. The van der Waals surface area contributed by atoms with E-state index in [1.807, 2.05) is 0 Å². The molecule has 0 aromatic carbocycles. The van der Waals surface area contributed by atoms with Gasteiger partial charge in [0.25, 0.3) is 5.88 Å². The molecule has 1 aromatic heterocycles. The number of rotatable bonds is 6. The van der Waals surface area contributed by atoms with Gasteiger partial charge in [-0.05, 0) is 48.3 Å². The number of hydrogen-bond donors (Lipinski definition) is 0. The van der Waals surface area contributed by atoms with Crippen molar-refractivity contribution in [3.05, 3.63) is 26.9 Å². The van der Waals surface area contributed by atoms with E-state index >= 15 is 0 Å². The minimum absolute atomic E-state index is 0.0922. The van der Waals surface area contributed by atoms with Crippen LogP contribution >= 0.6 is 15.9 Å². The Labute approximate surface area is 120 Å². The molecule has 7 heteroatoms. The van der Waals surface area contributed by atoms with Crippen LogP contribution in [0, 0.1) is 10.1 Å². The highest BCUT2D eigenvalue weighted by Crippen LogP contribution is 2.27. The Kier molecular flexibility index (Phi) is 5.09. The lowest BCUT2D eigenvalue weighted by atomic mass is 10.4. The maximum Gasteiger partial charge on any atom is 0.332 e. The Morgan fingerprint density at radius 2 is 2.21 bits per heavy atom. The van der Waals surface area contributed by atoms with Gasteiger partial charge in [-0.1, -0.05) is 0 Å². The van der Waals surface area contributed by atoms with Crippen LogP contribution in [0.2, 0.25) is 0 Å². The fraction of sp³-hybridized carbons (Fsp3) is 0.583. The molecule has 0 amide bonds. The van der Waals surface area contributed by atoms with E-state index in [1.165, 1.54) is 25.1 Å². The van der Waals surface area contributed by atoms with Crippen molar-refractivity contribution in [2.75, 3.05) is 26.2 Å². The van der Waals surface area contributed by atoms with E-state index in [-0.39, 0.29) is 11.6 Å². The van der Waals surface area contributed by atoms with Gasteiger partial charge in [0.05, 0.1) is 11.5 Å². The first-order valence-electron chi connectivity index (χ1n) is 6.32. The highest BCUT2D eigenvalue weighted by molar-refractivity contribution is 9.10. The Bertz CT molecular complexity index is 450. The van der Waals surface area contributed by atoms with Gasteiger partial charge in [-0.25, -0.2) is 4.98 Å². The van der Waals surface area contributed by atoms with Crippen molar-refractivity contribution in [1.82, 2.24) is 9.88 Å². The molecular weight excluding hydrogens is 314 g/mol. The molecular formula is C12H16BrN3O3. The van der Waals surface area contributed by atoms with Crippen LogP contribution in [0.25, 0.3) is 0 Å². The molecule has 1 aromatic rings. The summed E-state index contributed by atoms with van der Waals surface area (Å²) in [6.07, 6.45) is 4.89. The Morgan fingerprint density at radius 1 is 1.47 bits per heavy atom. The van der Waals surface area contributed by atoms with Crippen molar-refractivity contribution in [1.29, 1.82) is 0 Å². The Morgan fingerprint density at radius 3 is 2.89 bits per heavy atom. The minimum atomic E-state index is -0.479. The molecule has 2 heterocycles. The first-order chi connectivity index (χ1) is 9.16. The predicted octanol–water partition coefficient (Wildman–Crippen LogP) is 2.62. The van der Waals surface area contributed by atoms with Crippen LogP contribution in [0.4, 0.5) is 5.69 Å². The van der Waals surface area contributed by atoms with E-state index in [4.69, 9.17) is 4.74 Å². The van der Waals surface area contributed by atoms with Gasteiger partial charge in [-0.15, -0.1) is 0 Å². The number of nitrogens with zero attached hydrogens (tertiary/aromatic N) is 3. The Balaban J connectivity index is 1.83. The average molecular weight is 330 g/mol. The van der Waals surface area contributed by atoms with E-state index in [0.717, 1.165) is 26.1 Å². The van der Waals surface area contributed by atoms with E-state index < -0.39 is 4.92 Å². The summed E-state index contributed by atoms with van der Waals surface area (Å²) in [5.41, 5.74) is -0.101. The molecule has 0 bridgehead atoms. The fourth-order valence-corrected chi connectivity index (χ4v) is 2.44. The number of pyridine rings is 1. The molecule has 0 radical (unpaired) electrons. The molecule has 0 spiro atoms. The van der Waals surface area contributed by atoms with Gasteiger partial charge in [0.1, 0.15) is 0 Å². The summed E-state index contributed by atoms with van der Waals surface area (Å²) in [6, 6.07) is 1.41. The topological polar surface area (TPSA) is 68.5 Å². The minimum Gasteiger partial charge on any atom is -0.473 e. The first kappa shape index (κ1) is 14.2. The fourth-order valence-electron chi connectivity index (χ4n) is 2.12. The third-order valence-electron chi connectivity index (χ3n) is 3.05. The standard InChI is InChI=1S/C12H16BrN3O3/c13-10-8-11(16(17)18)12(14-9-10)19-7-3-6-15-4-1-2-5-15/h8-9H,1-7H2. The molecule has 0 aliphatic carbocycles. The van der Waals surface area contributed by atoms with Crippen LogP contribution < -0.4 is 4.74 Å². The second kappa shape index (κ2) is 6.81. The number of halogens is 1. The number of aromatic nitrogens is 1. The monoisotopic (exact) mass is 329 g/mol. The smallest absolute Gasteiger partial charge is 0.332 e. The zero-order valence-electron chi connectivity index (χ0n) is 10.5. The lowest BCUT2D eigenvalue weighted by Gasteiger charge is -2.14.